The molecule has 2 aromatic rings. The van der Waals surface area contributed by atoms with Gasteiger partial charge in [0.25, 0.3) is 0 Å². The van der Waals surface area contributed by atoms with Crippen LogP contribution in [0.25, 0.3) is 0 Å². The van der Waals surface area contributed by atoms with E-state index < -0.39 is 29.9 Å². The van der Waals surface area contributed by atoms with E-state index in [0.29, 0.717) is 12.8 Å². The zero-order chi connectivity index (χ0) is 26.5. The number of carbonyl (C=O) groups is 3. The highest BCUT2D eigenvalue weighted by Gasteiger charge is 2.51. The van der Waals surface area contributed by atoms with E-state index in [9.17, 15) is 23.2 Å². The van der Waals surface area contributed by atoms with Crippen molar-refractivity contribution < 1.29 is 23.2 Å². The van der Waals surface area contributed by atoms with Crippen LogP contribution < -0.4 is 5.32 Å². The Labute approximate surface area is 214 Å². The molecule has 8 nitrogen and oxygen atoms in total. The molecule has 0 spiro atoms. The Hall–Kier alpha value is -3.97. The minimum Gasteiger partial charge on any atom is -0.333 e. The van der Waals surface area contributed by atoms with Crippen LogP contribution in [0.15, 0.2) is 48.5 Å². The second-order valence-electron chi connectivity index (χ2n) is 9.06. The molecule has 10 heteroatoms. The number of terminal acetylenes is 1. The van der Waals surface area contributed by atoms with Gasteiger partial charge in [-0.1, -0.05) is 55.7 Å². The molecule has 2 fully saturated rings. The Morgan fingerprint density at radius 2 is 1.92 bits per heavy atom. The zero-order valence-corrected chi connectivity index (χ0v) is 20.6. The minimum absolute atomic E-state index is 0.00776. The molecule has 194 valence electrons. The number of benzene rings is 2. The Morgan fingerprint density at radius 1 is 1.16 bits per heavy atom. The Morgan fingerprint density at radius 3 is 2.59 bits per heavy atom. The number of halogens is 2. The van der Waals surface area contributed by atoms with Gasteiger partial charge in [-0.05, 0) is 18.1 Å². The third kappa shape index (κ3) is 5.57. The van der Waals surface area contributed by atoms with Gasteiger partial charge in [-0.3, -0.25) is 9.59 Å². The van der Waals surface area contributed by atoms with Gasteiger partial charge < -0.3 is 15.1 Å². The number of nitrogens with zero attached hydrogens (tertiary/aromatic N) is 4. The SMILES string of the molecule is C#CCN1CC(=O)N2[C@@H](CCC)C(=O)N(Cc3ccc(F)cc3F)C[C@@H]2N1C(=O)NCc1ccccc1. The first-order valence-electron chi connectivity index (χ1n) is 12.2. The van der Waals surface area contributed by atoms with Gasteiger partial charge in [0.15, 0.2) is 0 Å². The first kappa shape index (κ1) is 26.1. The maximum Gasteiger partial charge on any atom is 0.334 e. The fourth-order valence-corrected chi connectivity index (χ4v) is 4.84. The van der Waals surface area contributed by atoms with Crippen molar-refractivity contribution in [3.8, 4) is 12.3 Å². The maximum absolute atomic E-state index is 14.5. The number of amides is 4. The highest BCUT2D eigenvalue weighted by molar-refractivity contribution is 5.91. The lowest BCUT2D eigenvalue weighted by atomic mass is 10.0. The number of hydrazine groups is 1. The van der Waals surface area contributed by atoms with Crippen LogP contribution in [0.3, 0.4) is 0 Å². The minimum atomic E-state index is -0.844. The van der Waals surface area contributed by atoms with Crippen LogP contribution in [-0.4, -0.2) is 69.5 Å². The summed E-state index contributed by atoms with van der Waals surface area (Å²) in [4.78, 5) is 43.1. The number of rotatable bonds is 7. The zero-order valence-electron chi connectivity index (χ0n) is 20.6. The van der Waals surface area contributed by atoms with Crippen LogP contribution >= 0.6 is 0 Å². The molecule has 4 amide bonds. The van der Waals surface area contributed by atoms with E-state index in [0.717, 1.165) is 17.7 Å². The number of piperazine rings is 1. The van der Waals surface area contributed by atoms with E-state index in [1.54, 1.807) is 0 Å². The van der Waals surface area contributed by atoms with Gasteiger partial charge in [0.2, 0.25) is 11.8 Å². The molecule has 4 rings (SSSR count). The molecule has 0 unspecified atom stereocenters. The summed E-state index contributed by atoms with van der Waals surface area (Å²) < 4.78 is 27.9. The first-order valence-corrected chi connectivity index (χ1v) is 12.2. The van der Waals surface area contributed by atoms with E-state index in [1.807, 2.05) is 37.3 Å². The van der Waals surface area contributed by atoms with Crippen LogP contribution in [0, 0.1) is 24.0 Å². The Kier molecular flexibility index (Phi) is 8.04. The van der Waals surface area contributed by atoms with Crippen LogP contribution in [0.5, 0.6) is 0 Å². The molecule has 2 saturated heterocycles. The van der Waals surface area contributed by atoms with Crippen molar-refractivity contribution >= 4 is 17.8 Å². The van der Waals surface area contributed by atoms with Crippen molar-refractivity contribution in [2.45, 2.75) is 45.1 Å². The predicted octanol–water partition coefficient (Wildman–Crippen LogP) is 2.71. The van der Waals surface area contributed by atoms with Crippen LogP contribution in [0.1, 0.15) is 30.9 Å². The molecular formula is C27H29F2N5O3. The van der Waals surface area contributed by atoms with Gasteiger partial charge in [-0.15, -0.1) is 6.42 Å². The monoisotopic (exact) mass is 509 g/mol. The van der Waals surface area contributed by atoms with Gasteiger partial charge in [0.05, 0.1) is 19.6 Å². The lowest BCUT2D eigenvalue weighted by Gasteiger charge is -2.55. The number of fused-ring (bicyclic) bond motifs is 1. The molecule has 2 aliphatic rings. The van der Waals surface area contributed by atoms with Crippen LogP contribution in [-0.2, 0) is 22.7 Å². The van der Waals surface area contributed by atoms with Crippen LogP contribution in [0.2, 0.25) is 0 Å². The van der Waals surface area contributed by atoms with Gasteiger partial charge >= 0.3 is 6.03 Å². The summed E-state index contributed by atoms with van der Waals surface area (Å²) in [7, 11) is 0. The van der Waals surface area contributed by atoms with Crippen molar-refractivity contribution in [3.05, 3.63) is 71.3 Å². The van der Waals surface area contributed by atoms with Gasteiger partial charge in [-0.2, -0.15) is 5.01 Å². The average molecular weight is 510 g/mol. The van der Waals surface area contributed by atoms with E-state index in [-0.39, 0.29) is 50.1 Å². The molecule has 2 aliphatic heterocycles. The Balaban J connectivity index is 1.65. The van der Waals surface area contributed by atoms with Gasteiger partial charge in [-0.25, -0.2) is 18.6 Å². The predicted molar refractivity (Wildman–Crippen MR) is 132 cm³/mol. The first-order chi connectivity index (χ1) is 17.8. The molecule has 2 heterocycles. The molecular weight excluding hydrogens is 480 g/mol. The summed E-state index contributed by atoms with van der Waals surface area (Å²) in [5, 5.41) is 5.76. The van der Waals surface area contributed by atoms with E-state index in [2.05, 4.69) is 11.2 Å². The topological polar surface area (TPSA) is 76.2 Å². The van der Waals surface area contributed by atoms with E-state index >= 15 is 0 Å². The number of urea groups is 1. The van der Waals surface area contributed by atoms with Crippen molar-refractivity contribution in [1.82, 2.24) is 25.1 Å². The van der Waals surface area contributed by atoms with Crippen molar-refractivity contribution in [2.24, 2.45) is 0 Å². The standard InChI is InChI=1S/C27H29F2N5O3/c1-3-8-23-26(36)31(16-20-11-12-21(28)14-22(20)29)17-24-33(23)25(35)18-32(13-4-2)34(24)27(37)30-15-19-9-6-5-7-10-19/h2,5-7,9-12,14,23-24H,3,8,13,15-18H2,1H3,(H,30,37)/t23-,24-/m0/s1. The summed E-state index contributed by atoms with van der Waals surface area (Å²) >= 11 is 0. The fraction of sp³-hybridized carbons (Fsp3) is 0.370. The number of carbonyl (C=O) groups excluding carboxylic acids is 3. The molecule has 0 aliphatic carbocycles. The van der Waals surface area contributed by atoms with Gasteiger partial charge in [0.1, 0.15) is 23.8 Å². The highest BCUT2D eigenvalue weighted by atomic mass is 19.1. The number of hydrogen-bond acceptors (Lipinski definition) is 4. The lowest BCUT2D eigenvalue weighted by molar-refractivity contribution is -0.189. The molecule has 1 N–H and O–H groups in total. The normalized spacial score (nSPS) is 20.0. The molecule has 2 aromatic carbocycles. The van der Waals surface area contributed by atoms with E-state index in [1.165, 1.54) is 25.9 Å². The molecule has 0 bridgehead atoms. The van der Waals surface area contributed by atoms with E-state index in [4.69, 9.17) is 6.42 Å². The van der Waals surface area contributed by atoms with Crippen LogP contribution in [0.4, 0.5) is 13.6 Å². The maximum atomic E-state index is 14.5. The molecule has 0 aromatic heterocycles. The highest BCUT2D eigenvalue weighted by Crippen LogP contribution is 2.29. The Bertz CT molecular complexity index is 1200. The second-order valence-corrected chi connectivity index (χ2v) is 9.06. The third-order valence-corrected chi connectivity index (χ3v) is 6.54. The molecule has 0 radical (unpaired) electrons. The number of hydrogen-bond donors (Lipinski definition) is 1. The van der Waals surface area contributed by atoms with Crippen molar-refractivity contribution in [3.63, 3.8) is 0 Å². The quantitative estimate of drug-likeness (QED) is 0.583. The fourth-order valence-electron chi connectivity index (χ4n) is 4.84. The second kappa shape index (κ2) is 11.4. The smallest absolute Gasteiger partial charge is 0.333 e. The summed E-state index contributed by atoms with van der Waals surface area (Å²) in [5.41, 5.74) is 1.03. The summed E-state index contributed by atoms with van der Waals surface area (Å²) in [6, 6.07) is 11.2. The summed E-state index contributed by atoms with van der Waals surface area (Å²) in [6.07, 6.45) is 5.68. The van der Waals surface area contributed by atoms with Crippen molar-refractivity contribution in [2.75, 3.05) is 19.6 Å². The molecule has 37 heavy (non-hydrogen) atoms. The molecule has 0 saturated carbocycles. The summed E-state index contributed by atoms with van der Waals surface area (Å²) in [5.74, 6) is 0.346. The third-order valence-electron chi connectivity index (χ3n) is 6.54. The van der Waals surface area contributed by atoms with Crippen molar-refractivity contribution in [1.29, 1.82) is 0 Å². The summed E-state index contributed by atoms with van der Waals surface area (Å²) in [6.45, 7) is 1.82. The largest absolute Gasteiger partial charge is 0.334 e. The molecule has 2 atom stereocenters. The van der Waals surface area contributed by atoms with Gasteiger partial charge in [0, 0.05) is 24.7 Å². The number of nitrogens with one attached hydrogen (secondary N) is 1. The lowest BCUT2D eigenvalue weighted by Crippen LogP contribution is -2.76. The average Bonchev–Trinajstić information content (AvgIpc) is 2.87.